The molecule has 0 radical (unpaired) electrons. The standard InChI is InChI=1S/C36H43N2.C11H8N.Ir/c1-22(2)24-16-25(23(3)4)18-26(17-24)37-21-38-32-20-29-28(34(5,6)14-15-35(29,7)8)19-30(32)36(9,10)27-12-11-13-31(37)33(27)38;1-2-6-10(7-3-1)11-8-4-5-9-12-11;/h11-13,16-19,22-23H,14-15H2,1-10H3;1-6,8-9H;/q2*-1;+3. The van der Waals surface area contributed by atoms with Gasteiger partial charge in [0.2, 0.25) is 0 Å². The first-order valence-corrected chi connectivity index (χ1v) is 18.3. The van der Waals surface area contributed by atoms with Crippen molar-refractivity contribution < 1.29 is 24.7 Å². The third-order valence-electron chi connectivity index (χ3n) is 11.3. The van der Waals surface area contributed by atoms with Crippen molar-refractivity contribution in [2.45, 2.75) is 110 Å². The first-order chi connectivity index (χ1) is 23.7. The number of benzene rings is 4. The molecule has 0 unspecified atom stereocenters. The maximum atomic E-state index is 4.22. The van der Waals surface area contributed by atoms with Crippen molar-refractivity contribution in [2.24, 2.45) is 0 Å². The van der Waals surface area contributed by atoms with Gasteiger partial charge in [-0.2, -0.15) is 17.7 Å². The summed E-state index contributed by atoms with van der Waals surface area (Å²) >= 11 is 0. The summed E-state index contributed by atoms with van der Waals surface area (Å²) in [4.78, 5) is 4.22. The third kappa shape index (κ3) is 6.55. The normalized spacial score (nSPS) is 16.2. The van der Waals surface area contributed by atoms with Gasteiger partial charge < -0.3 is 9.55 Å². The van der Waals surface area contributed by atoms with Crippen molar-refractivity contribution in [1.82, 2.24) is 9.55 Å². The SMILES string of the molecule is CC(C)c1cc(C(C)C)cc(-n2[c-][n+]3c4c(cccc42)C(C)(C)c2cc4c([c-]c2-3)C(C)(C)CCC4(C)C)c1.[Ir+3].[c-]1ccccc1-c1ccccn1. The second-order valence-electron chi connectivity index (χ2n) is 16.8. The molecule has 1 aliphatic heterocycles. The van der Waals surface area contributed by atoms with Crippen LogP contribution in [0.5, 0.6) is 0 Å². The number of hydrogen-bond donors (Lipinski definition) is 0. The average Bonchev–Trinajstić information content (AvgIpc) is 3.50. The van der Waals surface area contributed by atoms with E-state index in [1.165, 1.54) is 68.6 Å². The van der Waals surface area contributed by atoms with Gasteiger partial charge >= 0.3 is 20.1 Å². The van der Waals surface area contributed by atoms with E-state index in [2.05, 4.69) is 144 Å². The van der Waals surface area contributed by atoms with E-state index in [1.807, 2.05) is 42.5 Å². The van der Waals surface area contributed by atoms with Gasteiger partial charge in [-0.1, -0.05) is 117 Å². The zero-order chi connectivity index (χ0) is 35.6. The molecule has 4 aromatic carbocycles. The van der Waals surface area contributed by atoms with Gasteiger partial charge in [0, 0.05) is 6.20 Å². The molecular weight excluding hydrogens is 799 g/mol. The molecule has 1 aliphatic carbocycles. The van der Waals surface area contributed by atoms with Crippen LogP contribution < -0.4 is 4.57 Å². The van der Waals surface area contributed by atoms with E-state index in [-0.39, 0.29) is 36.4 Å². The minimum Gasteiger partial charge on any atom is -0.314 e. The number of hydrogen-bond acceptors (Lipinski definition) is 1. The number of para-hydroxylation sites is 1. The van der Waals surface area contributed by atoms with Crippen LogP contribution in [0.25, 0.3) is 33.7 Å². The van der Waals surface area contributed by atoms with E-state index in [0.29, 0.717) is 11.8 Å². The van der Waals surface area contributed by atoms with Crippen LogP contribution >= 0.6 is 0 Å². The van der Waals surface area contributed by atoms with Crippen LogP contribution in [0.1, 0.15) is 127 Å². The molecule has 262 valence electrons. The molecule has 6 aromatic rings. The molecular formula is C47H51IrN3+. The number of fused-ring (bicyclic) bond motifs is 3. The fourth-order valence-electron chi connectivity index (χ4n) is 7.83. The van der Waals surface area contributed by atoms with Crippen LogP contribution in [0.3, 0.4) is 0 Å². The molecule has 0 spiro atoms. The number of aromatic nitrogens is 3. The Morgan fingerprint density at radius 3 is 2.04 bits per heavy atom. The van der Waals surface area contributed by atoms with Crippen molar-refractivity contribution in [3.05, 3.63) is 143 Å². The Bertz CT molecular complexity index is 2120. The summed E-state index contributed by atoms with van der Waals surface area (Å²) in [5.41, 5.74) is 15.3. The minimum atomic E-state index is -0.124. The molecule has 0 amide bonds. The van der Waals surface area contributed by atoms with Gasteiger partial charge in [-0.15, -0.1) is 47.0 Å². The van der Waals surface area contributed by atoms with Gasteiger partial charge in [-0.25, -0.2) is 0 Å². The Morgan fingerprint density at radius 1 is 0.725 bits per heavy atom. The van der Waals surface area contributed by atoms with Crippen LogP contribution in [0.4, 0.5) is 0 Å². The molecule has 8 rings (SSSR count). The third-order valence-corrected chi connectivity index (χ3v) is 11.3. The van der Waals surface area contributed by atoms with Crippen molar-refractivity contribution in [2.75, 3.05) is 0 Å². The molecule has 3 heterocycles. The van der Waals surface area contributed by atoms with Crippen molar-refractivity contribution in [3.8, 4) is 22.6 Å². The average molecular weight is 850 g/mol. The van der Waals surface area contributed by atoms with Gasteiger partial charge in [0.15, 0.2) is 0 Å². The summed E-state index contributed by atoms with van der Waals surface area (Å²) in [6.45, 7) is 23.5. The number of pyridine rings is 1. The Labute approximate surface area is 319 Å². The van der Waals surface area contributed by atoms with Gasteiger partial charge in [0.25, 0.3) is 6.33 Å². The molecule has 3 nitrogen and oxygen atoms in total. The molecule has 2 aliphatic rings. The van der Waals surface area contributed by atoms with Crippen LogP contribution in [-0.2, 0) is 36.4 Å². The second-order valence-corrected chi connectivity index (χ2v) is 16.8. The summed E-state index contributed by atoms with van der Waals surface area (Å²) in [5.74, 6) is 0.940. The summed E-state index contributed by atoms with van der Waals surface area (Å²) < 4.78 is 4.62. The zero-order valence-corrected chi connectivity index (χ0v) is 34.3. The molecule has 0 bridgehead atoms. The Balaban J connectivity index is 0.000000291. The molecule has 51 heavy (non-hydrogen) atoms. The topological polar surface area (TPSA) is 21.7 Å². The van der Waals surface area contributed by atoms with Crippen LogP contribution in [-0.4, -0.2) is 9.55 Å². The maximum Gasteiger partial charge on any atom is 3.00 e. The van der Waals surface area contributed by atoms with Gasteiger partial charge in [-0.05, 0) is 75.4 Å². The maximum absolute atomic E-state index is 4.22. The van der Waals surface area contributed by atoms with E-state index in [1.54, 1.807) is 6.20 Å². The van der Waals surface area contributed by atoms with Gasteiger partial charge in [0.05, 0.1) is 16.7 Å². The Morgan fingerprint density at radius 2 is 1.41 bits per heavy atom. The quantitative estimate of drug-likeness (QED) is 0.128. The second kappa shape index (κ2) is 13.6. The van der Waals surface area contributed by atoms with Crippen molar-refractivity contribution in [3.63, 3.8) is 0 Å². The molecule has 4 heteroatoms. The van der Waals surface area contributed by atoms with Crippen LogP contribution in [0.2, 0.25) is 0 Å². The molecule has 0 saturated heterocycles. The van der Waals surface area contributed by atoms with Gasteiger partial charge in [-0.3, -0.25) is 4.57 Å². The molecule has 2 aromatic heterocycles. The summed E-state index contributed by atoms with van der Waals surface area (Å²) in [7, 11) is 0. The summed E-state index contributed by atoms with van der Waals surface area (Å²) in [6, 6.07) is 37.3. The van der Waals surface area contributed by atoms with Crippen molar-refractivity contribution in [1.29, 1.82) is 0 Å². The fraction of sp³-hybridized carbons (Fsp3) is 0.362. The van der Waals surface area contributed by atoms with E-state index in [0.717, 1.165) is 11.3 Å². The fourth-order valence-corrected chi connectivity index (χ4v) is 7.83. The van der Waals surface area contributed by atoms with Gasteiger partial charge in [0.1, 0.15) is 0 Å². The Kier molecular flexibility index (Phi) is 9.85. The van der Waals surface area contributed by atoms with Crippen LogP contribution in [0, 0.1) is 18.5 Å². The predicted molar refractivity (Wildman–Crippen MR) is 207 cm³/mol. The molecule has 0 fully saturated rings. The first kappa shape index (κ1) is 36.9. The van der Waals surface area contributed by atoms with E-state index < -0.39 is 0 Å². The molecule has 0 atom stereocenters. The minimum absolute atomic E-state index is 0. The predicted octanol–water partition coefficient (Wildman–Crippen LogP) is 11.3. The van der Waals surface area contributed by atoms with E-state index in [9.17, 15) is 0 Å². The zero-order valence-electron chi connectivity index (χ0n) is 31.9. The summed E-state index contributed by atoms with van der Waals surface area (Å²) in [6.07, 6.45) is 8.02. The summed E-state index contributed by atoms with van der Waals surface area (Å²) in [5, 5.41) is 0. The van der Waals surface area contributed by atoms with E-state index >= 15 is 0 Å². The largest absolute Gasteiger partial charge is 3.00 e. The smallest absolute Gasteiger partial charge is 0.314 e. The monoisotopic (exact) mass is 850 g/mol. The van der Waals surface area contributed by atoms with Crippen molar-refractivity contribution >= 4 is 11.0 Å². The Hall–Kier alpha value is -3.85. The number of rotatable bonds is 4. The molecule has 0 saturated carbocycles. The first-order valence-electron chi connectivity index (χ1n) is 18.3. The van der Waals surface area contributed by atoms with Crippen LogP contribution in [0.15, 0.2) is 91.1 Å². The number of nitrogens with zero attached hydrogens (tertiary/aromatic N) is 3. The number of imidazole rings is 1. The molecule has 0 N–H and O–H groups in total. The van der Waals surface area contributed by atoms with E-state index in [4.69, 9.17) is 0 Å².